The number of nitrogens with one attached hydrogen (secondary N) is 3. The molecule has 0 aliphatic rings. The van der Waals surface area contributed by atoms with Crippen LogP contribution in [0.3, 0.4) is 0 Å². The van der Waals surface area contributed by atoms with Gasteiger partial charge in [-0.2, -0.15) is 0 Å². The van der Waals surface area contributed by atoms with E-state index in [0.717, 1.165) is 17.3 Å². The SMILES string of the molecule is Cc1[nH]c(=O)[nH]c(=O)c1CSc1nnc([C@@H](Cc2ccccc2)NC(=O)OC(C)(C)C)o1. The zero-order valence-corrected chi connectivity index (χ0v) is 19.0. The van der Waals surface area contributed by atoms with Crippen LogP contribution in [0.4, 0.5) is 4.79 Å². The van der Waals surface area contributed by atoms with E-state index >= 15 is 0 Å². The number of amides is 1. The molecule has 170 valence electrons. The Kier molecular flexibility index (Phi) is 7.18. The van der Waals surface area contributed by atoms with Crippen LogP contribution in [0.1, 0.15) is 49.5 Å². The molecule has 0 aliphatic heterocycles. The van der Waals surface area contributed by atoms with Crippen molar-refractivity contribution in [1.29, 1.82) is 0 Å². The molecule has 32 heavy (non-hydrogen) atoms. The number of hydrogen-bond donors (Lipinski definition) is 3. The maximum atomic E-state index is 12.4. The van der Waals surface area contributed by atoms with E-state index in [9.17, 15) is 14.4 Å². The number of rotatable bonds is 7. The monoisotopic (exact) mass is 459 g/mol. The number of aryl methyl sites for hydroxylation is 1. The highest BCUT2D eigenvalue weighted by molar-refractivity contribution is 7.98. The van der Waals surface area contributed by atoms with Crippen molar-refractivity contribution in [2.75, 3.05) is 0 Å². The zero-order valence-electron chi connectivity index (χ0n) is 18.2. The maximum absolute atomic E-state index is 12.4. The van der Waals surface area contributed by atoms with Gasteiger partial charge in [0, 0.05) is 23.4 Å². The number of benzene rings is 1. The summed E-state index contributed by atoms with van der Waals surface area (Å²) in [7, 11) is 0. The van der Waals surface area contributed by atoms with Crippen molar-refractivity contribution in [3.63, 3.8) is 0 Å². The molecule has 0 spiro atoms. The fraction of sp³-hybridized carbons (Fsp3) is 0.381. The number of alkyl carbamates (subject to hydrolysis) is 1. The predicted molar refractivity (Wildman–Crippen MR) is 119 cm³/mol. The van der Waals surface area contributed by atoms with Gasteiger partial charge in [0.15, 0.2) is 0 Å². The molecule has 0 unspecified atom stereocenters. The van der Waals surface area contributed by atoms with Crippen molar-refractivity contribution in [3.8, 4) is 0 Å². The summed E-state index contributed by atoms with van der Waals surface area (Å²) < 4.78 is 11.1. The average Bonchev–Trinajstić information content (AvgIpc) is 3.15. The van der Waals surface area contributed by atoms with Crippen LogP contribution >= 0.6 is 11.8 Å². The lowest BCUT2D eigenvalue weighted by Crippen LogP contribution is -2.36. The summed E-state index contributed by atoms with van der Waals surface area (Å²) in [4.78, 5) is 40.5. The second-order valence-electron chi connectivity index (χ2n) is 8.10. The Morgan fingerprint density at radius 3 is 2.56 bits per heavy atom. The highest BCUT2D eigenvalue weighted by Gasteiger charge is 2.25. The second kappa shape index (κ2) is 9.86. The van der Waals surface area contributed by atoms with E-state index in [1.54, 1.807) is 27.7 Å². The van der Waals surface area contributed by atoms with Crippen molar-refractivity contribution in [1.82, 2.24) is 25.5 Å². The Hall–Kier alpha value is -3.34. The molecule has 2 heterocycles. The van der Waals surface area contributed by atoms with E-state index in [2.05, 4.69) is 25.5 Å². The number of nitrogens with zero attached hydrogens (tertiary/aromatic N) is 2. The molecule has 0 bridgehead atoms. The minimum absolute atomic E-state index is 0.217. The summed E-state index contributed by atoms with van der Waals surface area (Å²) >= 11 is 1.15. The summed E-state index contributed by atoms with van der Waals surface area (Å²) in [5, 5.41) is 11.1. The van der Waals surface area contributed by atoms with Gasteiger partial charge < -0.3 is 19.5 Å². The highest BCUT2D eigenvalue weighted by atomic mass is 32.2. The van der Waals surface area contributed by atoms with Crippen LogP contribution in [0.25, 0.3) is 0 Å². The summed E-state index contributed by atoms with van der Waals surface area (Å²) in [5.41, 5.74) is 0.169. The van der Waals surface area contributed by atoms with E-state index in [1.807, 2.05) is 30.3 Å². The van der Waals surface area contributed by atoms with Gasteiger partial charge in [-0.25, -0.2) is 9.59 Å². The minimum Gasteiger partial charge on any atom is -0.444 e. The first-order valence-corrected chi connectivity index (χ1v) is 10.9. The average molecular weight is 460 g/mol. The Labute approximate surface area is 188 Å². The molecular formula is C21H25N5O5S. The van der Waals surface area contributed by atoms with Crippen LogP contribution in [-0.4, -0.2) is 31.9 Å². The summed E-state index contributed by atoms with van der Waals surface area (Å²) in [6.45, 7) is 6.98. The second-order valence-corrected chi connectivity index (χ2v) is 9.02. The van der Waals surface area contributed by atoms with Crippen LogP contribution < -0.4 is 16.6 Å². The van der Waals surface area contributed by atoms with Crippen molar-refractivity contribution in [2.24, 2.45) is 0 Å². The van der Waals surface area contributed by atoms with E-state index < -0.39 is 29.0 Å². The van der Waals surface area contributed by atoms with Crippen molar-refractivity contribution >= 4 is 17.9 Å². The van der Waals surface area contributed by atoms with Crippen LogP contribution in [0.5, 0.6) is 0 Å². The molecule has 3 rings (SSSR count). The minimum atomic E-state index is -0.654. The first kappa shape index (κ1) is 23.3. The third-order valence-electron chi connectivity index (χ3n) is 4.29. The first-order chi connectivity index (χ1) is 15.1. The molecule has 1 aromatic carbocycles. The number of carbonyl (C=O) groups is 1. The van der Waals surface area contributed by atoms with Crippen molar-refractivity contribution in [3.05, 3.63) is 73.9 Å². The first-order valence-electron chi connectivity index (χ1n) is 9.92. The number of aromatic amines is 2. The molecule has 1 amide bonds. The van der Waals surface area contributed by atoms with Gasteiger partial charge in [-0.1, -0.05) is 42.1 Å². The molecule has 0 fully saturated rings. The third-order valence-corrected chi connectivity index (χ3v) is 5.13. The molecule has 3 N–H and O–H groups in total. The number of carbonyl (C=O) groups excluding carboxylic acids is 1. The maximum Gasteiger partial charge on any atom is 0.408 e. The van der Waals surface area contributed by atoms with Gasteiger partial charge in [-0.15, -0.1) is 10.2 Å². The molecular weight excluding hydrogens is 434 g/mol. The molecule has 2 aromatic heterocycles. The normalized spacial score (nSPS) is 12.4. The number of hydrogen-bond acceptors (Lipinski definition) is 8. The smallest absolute Gasteiger partial charge is 0.408 e. The van der Waals surface area contributed by atoms with Crippen LogP contribution in [-0.2, 0) is 16.9 Å². The topological polar surface area (TPSA) is 143 Å². The van der Waals surface area contributed by atoms with Crippen LogP contribution in [0.2, 0.25) is 0 Å². The summed E-state index contributed by atoms with van der Waals surface area (Å²) in [6.07, 6.45) is -0.174. The number of H-pyrrole nitrogens is 2. The van der Waals surface area contributed by atoms with Gasteiger partial charge in [0.25, 0.3) is 10.8 Å². The molecule has 0 saturated heterocycles. The Bertz CT molecular complexity index is 1180. The number of ether oxygens (including phenoxy) is 1. The Balaban J connectivity index is 1.76. The standard InChI is InChI=1S/C21H25N5O5S/c1-12-14(16(27)24-18(28)22-12)11-32-20-26-25-17(30-20)15(10-13-8-6-5-7-9-13)23-19(29)31-21(2,3)4/h5-9,15H,10-11H2,1-4H3,(H,23,29)(H2,22,24,27,28)/t15-/m1/s1. The largest absolute Gasteiger partial charge is 0.444 e. The van der Waals surface area contributed by atoms with Crippen LogP contribution in [0, 0.1) is 6.92 Å². The lowest BCUT2D eigenvalue weighted by molar-refractivity contribution is 0.0494. The lowest BCUT2D eigenvalue weighted by Gasteiger charge is -2.22. The van der Waals surface area contributed by atoms with Gasteiger partial charge in [0.2, 0.25) is 5.89 Å². The van der Waals surface area contributed by atoms with Crippen molar-refractivity contribution < 1.29 is 13.9 Å². The molecule has 0 aliphatic carbocycles. The Morgan fingerprint density at radius 2 is 1.91 bits per heavy atom. The van der Waals surface area contributed by atoms with Crippen LogP contribution in [0.15, 0.2) is 49.6 Å². The molecule has 3 aromatic rings. The molecule has 0 saturated carbocycles. The fourth-order valence-corrected chi connectivity index (χ4v) is 3.71. The molecule has 10 nitrogen and oxygen atoms in total. The number of aromatic nitrogens is 4. The summed E-state index contributed by atoms with van der Waals surface area (Å²) in [6, 6.07) is 8.97. The fourth-order valence-electron chi connectivity index (χ4n) is 2.85. The van der Waals surface area contributed by atoms with E-state index in [1.165, 1.54) is 0 Å². The van der Waals surface area contributed by atoms with Crippen molar-refractivity contribution in [2.45, 2.75) is 56.7 Å². The molecule has 0 radical (unpaired) electrons. The Morgan fingerprint density at radius 1 is 1.19 bits per heavy atom. The van der Waals surface area contributed by atoms with Gasteiger partial charge >= 0.3 is 11.8 Å². The van der Waals surface area contributed by atoms with E-state index in [4.69, 9.17) is 9.15 Å². The van der Waals surface area contributed by atoms with Gasteiger partial charge in [0.1, 0.15) is 11.6 Å². The van der Waals surface area contributed by atoms with E-state index in [-0.39, 0.29) is 16.9 Å². The van der Waals surface area contributed by atoms with Gasteiger partial charge in [-0.3, -0.25) is 9.78 Å². The van der Waals surface area contributed by atoms with Gasteiger partial charge in [-0.05, 0) is 33.3 Å². The molecule has 11 heteroatoms. The van der Waals surface area contributed by atoms with E-state index in [0.29, 0.717) is 17.7 Å². The summed E-state index contributed by atoms with van der Waals surface area (Å²) in [5.74, 6) is 0.442. The number of thioether (sulfide) groups is 1. The third kappa shape index (κ3) is 6.58. The van der Waals surface area contributed by atoms with Gasteiger partial charge in [0.05, 0.1) is 0 Å². The molecule has 1 atom stereocenters. The zero-order chi connectivity index (χ0) is 23.3. The lowest BCUT2D eigenvalue weighted by atomic mass is 10.1. The predicted octanol–water partition coefficient (Wildman–Crippen LogP) is 2.86. The quantitative estimate of drug-likeness (QED) is 0.458. The highest BCUT2D eigenvalue weighted by Crippen LogP contribution is 2.25.